The van der Waals surface area contributed by atoms with E-state index in [0.717, 1.165) is 0 Å². The Balaban J connectivity index is -0.0000000720. The number of Topliss-reactive ketones (excluding diaryl/α,β-unsaturated/α-hetero) is 1. The third kappa shape index (κ3) is 229. The van der Waals surface area contributed by atoms with Crippen LogP contribution in [0, 0.1) is 0 Å². The van der Waals surface area contributed by atoms with Crippen LogP contribution in [0.5, 0.6) is 0 Å². The normalized spacial score (nSPS) is 6.89. The maximum Gasteiger partial charge on any atom is 0.180 e. The molecule has 0 spiro atoms. The van der Waals surface area contributed by atoms with E-state index in [9.17, 15) is 4.79 Å². The van der Waals surface area contributed by atoms with Crippen molar-refractivity contribution in [3.8, 4) is 0 Å². The first kappa shape index (κ1) is 16.9. The minimum Gasteiger partial charge on any atom is -0.300 e. The fourth-order valence-electron chi connectivity index (χ4n) is 0. The molecule has 0 aromatic rings. The molecule has 0 rings (SSSR count). The molecule has 0 bridgehead atoms. The molecule has 0 unspecified atom stereocenters. The van der Waals surface area contributed by atoms with E-state index in [2.05, 4.69) is 0 Å². The van der Waals surface area contributed by atoms with Crippen molar-refractivity contribution in [1.82, 2.24) is 0 Å². The van der Waals surface area contributed by atoms with Gasteiger partial charge in [0.1, 0.15) is 5.78 Å². The second-order valence-electron chi connectivity index (χ2n) is 1.16. The second-order valence-corrected chi connectivity index (χ2v) is 3.14. The molecule has 0 saturated heterocycles. The third-order valence-electron chi connectivity index (χ3n) is 0. The number of ketones is 1. The number of hydrogen-bond acceptors (Lipinski definition) is 1. The quantitative estimate of drug-likeness (QED) is 0.433. The van der Waals surface area contributed by atoms with E-state index in [4.69, 9.17) is 34.8 Å². The summed E-state index contributed by atoms with van der Waals surface area (Å²) in [6.07, 6.45) is 0. The first-order valence-electron chi connectivity index (χ1n) is 1.86. The standard InChI is InChI=1S/C3H6O.CHCl3.Na/c1-3(2)4;2-1(3)4;/h1-2H3;1H;. The van der Waals surface area contributed by atoms with Crippen LogP contribution in [-0.4, -0.2) is 39.6 Å². The minimum absolute atomic E-state index is 0. The summed E-state index contributed by atoms with van der Waals surface area (Å²) in [5.41, 5.74) is 0. The fourth-order valence-corrected chi connectivity index (χ4v) is 0. The largest absolute Gasteiger partial charge is 0.300 e. The van der Waals surface area contributed by atoms with E-state index in [0.29, 0.717) is 0 Å². The fraction of sp³-hybridized carbons (Fsp3) is 0.750. The molecule has 1 nitrogen and oxygen atoms in total. The molecule has 0 fully saturated rings. The van der Waals surface area contributed by atoms with Crippen LogP contribution in [0.2, 0.25) is 0 Å². The van der Waals surface area contributed by atoms with Gasteiger partial charge in [0.15, 0.2) is 4.30 Å². The van der Waals surface area contributed by atoms with Crippen molar-refractivity contribution < 1.29 is 4.79 Å². The minimum atomic E-state index is -0.750. The van der Waals surface area contributed by atoms with Crippen molar-refractivity contribution in [3.05, 3.63) is 0 Å². The van der Waals surface area contributed by atoms with Crippen LogP contribution < -0.4 is 0 Å². The van der Waals surface area contributed by atoms with Gasteiger partial charge in [-0.3, -0.25) is 0 Å². The Hall–Kier alpha value is 1.54. The van der Waals surface area contributed by atoms with Crippen molar-refractivity contribution >= 4 is 70.1 Å². The summed E-state index contributed by atoms with van der Waals surface area (Å²) in [4.78, 5) is 9.44. The van der Waals surface area contributed by atoms with E-state index in [1.807, 2.05) is 0 Å². The Kier molecular flexibility index (Phi) is 22.9. The van der Waals surface area contributed by atoms with Crippen LogP contribution in [0.3, 0.4) is 0 Å². The van der Waals surface area contributed by atoms with Crippen molar-refractivity contribution in [1.29, 1.82) is 0 Å². The molecule has 0 aliphatic rings. The van der Waals surface area contributed by atoms with Gasteiger partial charge in [-0.25, -0.2) is 0 Å². The number of rotatable bonds is 0. The predicted octanol–water partition coefficient (Wildman–Crippen LogP) is 2.20. The molecule has 0 atom stereocenters. The van der Waals surface area contributed by atoms with Gasteiger partial charge in [-0.05, 0) is 13.8 Å². The first-order chi connectivity index (χ1) is 3.46. The topological polar surface area (TPSA) is 17.1 Å². The number of carbonyl (C=O) groups excluding carboxylic acids is 1. The Labute approximate surface area is 92.3 Å². The molecule has 5 heteroatoms. The molecule has 0 aromatic carbocycles. The second kappa shape index (κ2) is 12.2. The zero-order valence-corrected chi connectivity index (χ0v) is 9.89. The van der Waals surface area contributed by atoms with Gasteiger partial charge in [0.25, 0.3) is 0 Å². The maximum absolute atomic E-state index is 9.44. The van der Waals surface area contributed by atoms with Crippen molar-refractivity contribution in [2.24, 2.45) is 0 Å². The predicted molar refractivity (Wildman–Crippen MR) is 43.5 cm³/mol. The molecule has 0 aliphatic carbocycles. The number of hydrogen-bond donors (Lipinski definition) is 0. The van der Waals surface area contributed by atoms with Crippen molar-refractivity contribution in [2.75, 3.05) is 0 Å². The van der Waals surface area contributed by atoms with Gasteiger partial charge < -0.3 is 4.79 Å². The van der Waals surface area contributed by atoms with Gasteiger partial charge in [-0.15, -0.1) is 0 Å². The number of halogens is 3. The Morgan fingerprint density at radius 1 is 1.22 bits per heavy atom. The zero-order chi connectivity index (χ0) is 7.15. The Morgan fingerprint density at radius 3 is 1.22 bits per heavy atom. The maximum atomic E-state index is 9.44. The van der Waals surface area contributed by atoms with E-state index >= 15 is 0 Å². The molecule has 0 heterocycles. The Morgan fingerprint density at radius 2 is 1.22 bits per heavy atom. The van der Waals surface area contributed by atoms with Crippen LogP contribution in [0.1, 0.15) is 13.8 Å². The van der Waals surface area contributed by atoms with E-state index in [-0.39, 0.29) is 35.3 Å². The van der Waals surface area contributed by atoms with Crippen LogP contribution >= 0.6 is 34.8 Å². The summed E-state index contributed by atoms with van der Waals surface area (Å²) < 4.78 is -0.750. The van der Waals surface area contributed by atoms with Crippen molar-refractivity contribution in [2.45, 2.75) is 18.1 Å². The van der Waals surface area contributed by atoms with Crippen LogP contribution in [0.15, 0.2) is 0 Å². The number of alkyl halides is 3. The molecule has 0 saturated carbocycles. The van der Waals surface area contributed by atoms with Gasteiger partial charge in [-0.1, -0.05) is 34.8 Å². The molecular formula is C4H7Cl3NaO. The Bertz CT molecular complexity index is 60.1. The van der Waals surface area contributed by atoms with Gasteiger partial charge in [0.05, 0.1) is 0 Å². The van der Waals surface area contributed by atoms with Crippen LogP contribution in [0.25, 0.3) is 0 Å². The van der Waals surface area contributed by atoms with Gasteiger partial charge in [0.2, 0.25) is 0 Å². The molecular weight excluding hydrogens is 193 g/mol. The third-order valence-corrected chi connectivity index (χ3v) is 0. The first-order valence-corrected chi connectivity index (χ1v) is 3.17. The van der Waals surface area contributed by atoms with Crippen LogP contribution in [0.4, 0.5) is 0 Å². The summed E-state index contributed by atoms with van der Waals surface area (Å²) >= 11 is 14.4. The van der Waals surface area contributed by atoms with Crippen molar-refractivity contribution in [3.63, 3.8) is 0 Å². The molecule has 0 aliphatic heterocycles. The molecule has 51 valence electrons. The zero-order valence-electron chi connectivity index (χ0n) is 5.62. The van der Waals surface area contributed by atoms with Gasteiger partial charge in [-0.2, -0.15) is 0 Å². The molecule has 0 aromatic heterocycles. The van der Waals surface area contributed by atoms with Crippen LogP contribution in [-0.2, 0) is 4.79 Å². The molecule has 1 radical (unpaired) electrons. The monoisotopic (exact) mass is 199 g/mol. The molecule has 0 N–H and O–H groups in total. The average molecular weight is 200 g/mol. The van der Waals surface area contributed by atoms with Gasteiger partial charge >= 0.3 is 0 Å². The van der Waals surface area contributed by atoms with E-state index in [1.54, 1.807) is 0 Å². The summed E-state index contributed by atoms with van der Waals surface area (Å²) in [7, 11) is 0. The van der Waals surface area contributed by atoms with Gasteiger partial charge in [0, 0.05) is 29.6 Å². The summed E-state index contributed by atoms with van der Waals surface area (Å²) in [6.45, 7) is 3.06. The summed E-state index contributed by atoms with van der Waals surface area (Å²) in [6, 6.07) is 0. The van der Waals surface area contributed by atoms with E-state index < -0.39 is 4.30 Å². The average Bonchev–Trinajstić information content (AvgIpc) is 1.25. The summed E-state index contributed by atoms with van der Waals surface area (Å²) in [5, 5.41) is 0. The smallest absolute Gasteiger partial charge is 0.180 e. The molecule has 0 amide bonds. The number of carbonyl (C=O) groups is 1. The van der Waals surface area contributed by atoms with E-state index in [1.165, 1.54) is 13.8 Å². The SMILES string of the molecule is CC(C)=O.ClC(Cl)Cl.[Na]. The summed E-state index contributed by atoms with van der Waals surface area (Å²) in [5.74, 6) is 0.167. The molecule has 9 heavy (non-hydrogen) atoms.